The molecule has 1 heterocycles. The van der Waals surface area contributed by atoms with Crippen LogP contribution in [0.15, 0.2) is 70.8 Å². The molecule has 0 atom stereocenters. The van der Waals surface area contributed by atoms with Crippen molar-refractivity contribution in [2.24, 2.45) is 0 Å². The number of nitrogens with zero attached hydrogens (tertiary/aromatic N) is 2. The highest BCUT2D eigenvalue weighted by atomic mass is 127. The highest BCUT2D eigenvalue weighted by Gasteiger charge is 2.18. The molecule has 0 bridgehead atoms. The highest BCUT2D eigenvalue weighted by molar-refractivity contribution is 14.1. The van der Waals surface area contributed by atoms with Crippen LogP contribution >= 0.6 is 22.6 Å². The Morgan fingerprint density at radius 3 is 1.92 bits per heavy atom. The summed E-state index contributed by atoms with van der Waals surface area (Å²) in [6, 6.07) is 21.0. The van der Waals surface area contributed by atoms with Gasteiger partial charge in [0.1, 0.15) is 6.10 Å². The molecule has 2 aromatic carbocycles. The Morgan fingerprint density at radius 2 is 1.38 bits per heavy atom. The highest BCUT2D eigenvalue weighted by Crippen LogP contribution is 2.25. The summed E-state index contributed by atoms with van der Waals surface area (Å²) >= 11 is 2.29. The summed E-state index contributed by atoms with van der Waals surface area (Å²) in [5.41, 5.74) is 2.43. The average molecular weight is 462 g/mol. The average Bonchev–Trinajstić information content (AvgIpc) is 2.72. The van der Waals surface area contributed by atoms with Crippen molar-refractivity contribution in [2.45, 2.75) is 6.10 Å². The number of halogens is 1. The monoisotopic (exact) mass is 462 g/mol. The first-order valence-corrected chi connectivity index (χ1v) is 10.5. The quantitative estimate of drug-likeness (QED) is 0.543. The zero-order valence-corrected chi connectivity index (χ0v) is 17.3. The fourth-order valence-corrected chi connectivity index (χ4v) is 3.55. The summed E-state index contributed by atoms with van der Waals surface area (Å²) in [6.45, 7) is 7.34. The molecule has 138 valence electrons. The summed E-state index contributed by atoms with van der Waals surface area (Å²) in [5, 5.41) is 0. The van der Waals surface area contributed by atoms with Gasteiger partial charge >= 0.3 is 0 Å². The van der Waals surface area contributed by atoms with E-state index < -0.39 is 0 Å². The Kier molecular flexibility index (Phi) is 8.14. The van der Waals surface area contributed by atoms with Crippen LogP contribution in [-0.2, 0) is 4.74 Å². The van der Waals surface area contributed by atoms with Crippen LogP contribution < -0.4 is 0 Å². The molecule has 0 radical (unpaired) electrons. The molecular weight excluding hydrogens is 435 g/mol. The Bertz CT molecular complexity index is 615. The van der Waals surface area contributed by atoms with Crippen LogP contribution in [0.2, 0.25) is 0 Å². The van der Waals surface area contributed by atoms with Crippen molar-refractivity contribution >= 4 is 22.6 Å². The minimum atomic E-state index is 0.00693. The number of hydrogen-bond donors (Lipinski definition) is 0. The molecule has 3 nitrogen and oxygen atoms in total. The number of ether oxygens (including phenoxy) is 1. The van der Waals surface area contributed by atoms with Crippen molar-refractivity contribution in [2.75, 3.05) is 45.9 Å². The predicted molar refractivity (Wildman–Crippen MR) is 117 cm³/mol. The second-order valence-corrected chi connectivity index (χ2v) is 7.30. The van der Waals surface area contributed by atoms with Crippen LogP contribution in [0.4, 0.5) is 0 Å². The van der Waals surface area contributed by atoms with Gasteiger partial charge in [0.25, 0.3) is 0 Å². The van der Waals surface area contributed by atoms with E-state index in [0.29, 0.717) is 0 Å². The Labute approximate surface area is 170 Å². The number of piperazine rings is 1. The van der Waals surface area contributed by atoms with Gasteiger partial charge in [0.2, 0.25) is 0 Å². The van der Waals surface area contributed by atoms with Gasteiger partial charge < -0.3 is 4.74 Å². The van der Waals surface area contributed by atoms with Crippen LogP contribution in [0.25, 0.3) is 0 Å². The molecule has 0 spiro atoms. The molecule has 0 unspecified atom stereocenters. The summed E-state index contributed by atoms with van der Waals surface area (Å²) in [6.07, 6.45) is 2.23. The number of benzene rings is 2. The largest absolute Gasteiger partial charge is 0.367 e. The zero-order chi connectivity index (χ0) is 18.0. The van der Waals surface area contributed by atoms with Crippen LogP contribution in [0.1, 0.15) is 17.2 Å². The molecule has 0 aromatic heterocycles. The minimum absolute atomic E-state index is 0.00693. The molecule has 3 rings (SSSR count). The first kappa shape index (κ1) is 19.5. The number of hydrogen-bond acceptors (Lipinski definition) is 3. The van der Waals surface area contributed by atoms with E-state index in [4.69, 9.17) is 4.74 Å². The lowest BCUT2D eigenvalue weighted by Crippen LogP contribution is -2.47. The van der Waals surface area contributed by atoms with Crippen LogP contribution in [-0.4, -0.2) is 55.7 Å². The van der Waals surface area contributed by atoms with Crippen molar-refractivity contribution < 1.29 is 4.74 Å². The molecule has 1 aliphatic heterocycles. The third-order valence-electron chi connectivity index (χ3n) is 4.81. The lowest BCUT2D eigenvalue weighted by atomic mass is 10.0. The van der Waals surface area contributed by atoms with Crippen molar-refractivity contribution in [1.82, 2.24) is 9.80 Å². The van der Waals surface area contributed by atoms with Gasteiger partial charge in [0.15, 0.2) is 0 Å². The van der Waals surface area contributed by atoms with Crippen LogP contribution in [0.5, 0.6) is 0 Å². The molecule has 0 aliphatic carbocycles. The third-order valence-corrected chi connectivity index (χ3v) is 5.32. The summed E-state index contributed by atoms with van der Waals surface area (Å²) in [7, 11) is 0. The van der Waals surface area contributed by atoms with Gasteiger partial charge in [-0.15, -0.1) is 0 Å². The second kappa shape index (κ2) is 10.8. The smallest absolute Gasteiger partial charge is 0.108 e. The summed E-state index contributed by atoms with van der Waals surface area (Å²) in [5.74, 6) is 0. The van der Waals surface area contributed by atoms with Crippen molar-refractivity contribution in [3.05, 3.63) is 81.9 Å². The molecule has 1 fully saturated rings. The first-order chi connectivity index (χ1) is 12.9. The second-order valence-electron chi connectivity index (χ2n) is 6.58. The molecule has 26 heavy (non-hydrogen) atoms. The first-order valence-electron chi connectivity index (χ1n) is 9.28. The Hall–Kier alpha value is -1.21. The van der Waals surface area contributed by atoms with Gasteiger partial charge in [-0.25, -0.2) is 0 Å². The van der Waals surface area contributed by atoms with E-state index in [1.165, 1.54) is 11.1 Å². The van der Waals surface area contributed by atoms with Gasteiger partial charge in [0, 0.05) is 39.3 Å². The fourth-order valence-electron chi connectivity index (χ4n) is 3.32. The van der Waals surface area contributed by atoms with Gasteiger partial charge in [-0.1, -0.05) is 89.3 Å². The molecular formula is C22H27IN2O. The fraction of sp³-hybridized carbons (Fsp3) is 0.364. The topological polar surface area (TPSA) is 15.7 Å². The minimum Gasteiger partial charge on any atom is -0.367 e. The van der Waals surface area contributed by atoms with Crippen LogP contribution in [0.3, 0.4) is 0 Å². The molecule has 0 saturated carbocycles. The standard InChI is InChI=1S/C22H27IN2O/c23-12-7-13-24-14-16-25(17-15-24)18-19-26-22(20-8-3-1-4-9-20)21-10-5-2-6-11-21/h1-12,22H,13-19H2/b12-7+. The molecule has 1 aliphatic rings. The Balaban J connectivity index is 1.51. The van der Waals surface area contributed by atoms with E-state index in [2.05, 4.69) is 103 Å². The van der Waals surface area contributed by atoms with Crippen LogP contribution in [0, 0.1) is 0 Å². The summed E-state index contributed by atoms with van der Waals surface area (Å²) in [4.78, 5) is 5.01. The van der Waals surface area contributed by atoms with E-state index in [9.17, 15) is 0 Å². The van der Waals surface area contributed by atoms with Gasteiger partial charge in [0.05, 0.1) is 6.61 Å². The third kappa shape index (κ3) is 5.91. The van der Waals surface area contributed by atoms with Gasteiger partial charge in [-0.3, -0.25) is 9.80 Å². The predicted octanol–water partition coefficient (Wildman–Crippen LogP) is 4.36. The van der Waals surface area contributed by atoms with Crippen molar-refractivity contribution in [1.29, 1.82) is 0 Å². The Morgan fingerprint density at radius 1 is 0.846 bits per heavy atom. The molecule has 0 amide bonds. The van der Waals surface area contributed by atoms with Gasteiger partial charge in [-0.2, -0.15) is 0 Å². The SMILES string of the molecule is I/C=C/CN1CCN(CCOC(c2ccccc2)c2ccccc2)CC1. The van der Waals surface area contributed by atoms with E-state index in [1.54, 1.807) is 0 Å². The maximum absolute atomic E-state index is 6.34. The molecule has 2 aromatic rings. The number of rotatable bonds is 8. The summed E-state index contributed by atoms with van der Waals surface area (Å²) < 4.78 is 8.44. The zero-order valence-electron chi connectivity index (χ0n) is 15.1. The van der Waals surface area contributed by atoms with Crippen molar-refractivity contribution in [3.63, 3.8) is 0 Å². The maximum atomic E-state index is 6.34. The molecule has 4 heteroatoms. The van der Waals surface area contributed by atoms with E-state index in [-0.39, 0.29) is 6.10 Å². The van der Waals surface area contributed by atoms with E-state index in [1.807, 2.05) is 0 Å². The lowest BCUT2D eigenvalue weighted by Gasteiger charge is -2.34. The van der Waals surface area contributed by atoms with Gasteiger partial charge in [-0.05, 0) is 15.2 Å². The van der Waals surface area contributed by atoms with E-state index >= 15 is 0 Å². The van der Waals surface area contributed by atoms with E-state index in [0.717, 1.165) is 45.9 Å². The van der Waals surface area contributed by atoms with Crippen molar-refractivity contribution in [3.8, 4) is 0 Å². The molecule has 0 N–H and O–H groups in total. The maximum Gasteiger partial charge on any atom is 0.108 e. The lowest BCUT2D eigenvalue weighted by molar-refractivity contribution is 0.0467. The molecule has 1 saturated heterocycles. The normalized spacial score (nSPS) is 16.5.